The molecule has 0 heterocycles. The Morgan fingerprint density at radius 3 is 2.62 bits per heavy atom. The minimum atomic E-state index is -0.402. The number of halogens is 1. The fraction of sp³-hybridized carbons (Fsp3) is 0.562. The zero-order valence-electron chi connectivity index (χ0n) is 13.2. The molecule has 0 spiro atoms. The van der Waals surface area contributed by atoms with Gasteiger partial charge in [0.15, 0.2) is 0 Å². The van der Waals surface area contributed by atoms with Crippen molar-refractivity contribution in [3.63, 3.8) is 0 Å². The van der Waals surface area contributed by atoms with E-state index in [1.807, 2.05) is 13.8 Å². The van der Waals surface area contributed by atoms with Crippen LogP contribution in [0.3, 0.4) is 0 Å². The van der Waals surface area contributed by atoms with Gasteiger partial charge in [0.2, 0.25) is 0 Å². The molecule has 2 amide bonds. The molecule has 0 aliphatic rings. The highest BCUT2D eigenvalue weighted by Crippen LogP contribution is 2.20. The Morgan fingerprint density at radius 2 is 2.05 bits per heavy atom. The summed E-state index contributed by atoms with van der Waals surface area (Å²) in [6.07, 6.45) is 0.205. The summed E-state index contributed by atoms with van der Waals surface area (Å²) < 4.78 is 13.4. The van der Waals surface area contributed by atoms with Crippen LogP contribution in [0.5, 0.6) is 0 Å². The highest BCUT2D eigenvalue weighted by atomic mass is 19.1. The van der Waals surface area contributed by atoms with E-state index in [0.29, 0.717) is 18.5 Å². The second-order valence-electron chi connectivity index (χ2n) is 6.34. The van der Waals surface area contributed by atoms with Crippen LogP contribution in [-0.2, 0) is 6.54 Å². The van der Waals surface area contributed by atoms with Gasteiger partial charge in [-0.05, 0) is 42.9 Å². The first kappa shape index (κ1) is 17.4. The number of nitrogens with one attached hydrogen (secondary N) is 2. The number of carbonyl (C=O) groups excluding carboxylic acids is 1. The zero-order valence-corrected chi connectivity index (χ0v) is 13.2. The van der Waals surface area contributed by atoms with Crippen molar-refractivity contribution in [3.8, 4) is 0 Å². The Kier molecular flexibility index (Phi) is 6.15. The summed E-state index contributed by atoms with van der Waals surface area (Å²) in [6.45, 7) is 8.13. The summed E-state index contributed by atoms with van der Waals surface area (Å²) in [5.41, 5.74) is 1.13. The van der Waals surface area contributed by atoms with Gasteiger partial charge >= 0.3 is 6.03 Å². The zero-order chi connectivity index (χ0) is 16.0. The SMILES string of the molecule is Cc1ccc(CNC(=O)NCC(C)(C)CC(C)O)cc1F. The third-order valence-electron chi connectivity index (χ3n) is 3.26. The molecule has 0 aliphatic heterocycles. The van der Waals surface area contributed by atoms with E-state index < -0.39 is 6.10 Å². The lowest BCUT2D eigenvalue weighted by atomic mass is 9.87. The van der Waals surface area contributed by atoms with Crippen LogP contribution in [-0.4, -0.2) is 23.8 Å². The van der Waals surface area contributed by atoms with Crippen molar-refractivity contribution in [2.24, 2.45) is 5.41 Å². The number of carbonyl (C=O) groups is 1. The minimum Gasteiger partial charge on any atom is -0.393 e. The van der Waals surface area contributed by atoms with Gasteiger partial charge in [-0.25, -0.2) is 9.18 Å². The van der Waals surface area contributed by atoms with Crippen LogP contribution in [0.25, 0.3) is 0 Å². The average Bonchev–Trinajstić information content (AvgIpc) is 2.36. The van der Waals surface area contributed by atoms with Crippen molar-refractivity contribution in [1.29, 1.82) is 0 Å². The van der Waals surface area contributed by atoms with E-state index in [0.717, 1.165) is 5.56 Å². The topological polar surface area (TPSA) is 61.4 Å². The largest absolute Gasteiger partial charge is 0.393 e. The van der Waals surface area contributed by atoms with Crippen molar-refractivity contribution >= 4 is 6.03 Å². The predicted octanol–water partition coefficient (Wildman–Crippen LogP) is 2.73. The van der Waals surface area contributed by atoms with Crippen molar-refractivity contribution in [1.82, 2.24) is 10.6 Å². The Morgan fingerprint density at radius 1 is 1.38 bits per heavy atom. The van der Waals surface area contributed by atoms with Gasteiger partial charge < -0.3 is 15.7 Å². The molecule has 21 heavy (non-hydrogen) atoms. The summed E-state index contributed by atoms with van der Waals surface area (Å²) in [4.78, 5) is 11.7. The number of aryl methyl sites for hydroxylation is 1. The van der Waals surface area contributed by atoms with Crippen LogP contribution in [0.4, 0.5) is 9.18 Å². The molecule has 4 nitrogen and oxygen atoms in total. The van der Waals surface area contributed by atoms with Crippen LogP contribution < -0.4 is 10.6 Å². The summed E-state index contributed by atoms with van der Waals surface area (Å²) >= 11 is 0. The number of hydrogen-bond donors (Lipinski definition) is 3. The minimum absolute atomic E-state index is 0.179. The highest BCUT2D eigenvalue weighted by molar-refractivity contribution is 5.73. The Hall–Kier alpha value is -1.62. The molecule has 0 aromatic heterocycles. The molecule has 0 fully saturated rings. The third kappa shape index (κ3) is 6.58. The van der Waals surface area contributed by atoms with Crippen LogP contribution in [0.2, 0.25) is 0 Å². The Balaban J connectivity index is 2.39. The molecule has 0 bridgehead atoms. The number of benzene rings is 1. The molecule has 118 valence electrons. The van der Waals surface area contributed by atoms with Gasteiger partial charge in [0, 0.05) is 13.1 Å². The number of aliphatic hydroxyl groups excluding tert-OH is 1. The monoisotopic (exact) mass is 296 g/mol. The van der Waals surface area contributed by atoms with Gasteiger partial charge in [0.25, 0.3) is 0 Å². The maximum Gasteiger partial charge on any atom is 0.315 e. The van der Waals surface area contributed by atoms with Crippen LogP contribution in [0.15, 0.2) is 18.2 Å². The third-order valence-corrected chi connectivity index (χ3v) is 3.26. The van der Waals surface area contributed by atoms with E-state index in [1.165, 1.54) is 6.07 Å². The quantitative estimate of drug-likeness (QED) is 0.756. The molecule has 0 saturated carbocycles. The molecule has 0 radical (unpaired) electrons. The normalized spacial score (nSPS) is 12.9. The van der Waals surface area contributed by atoms with Gasteiger partial charge in [-0.1, -0.05) is 26.0 Å². The first-order chi connectivity index (χ1) is 9.69. The van der Waals surface area contributed by atoms with Gasteiger partial charge in [0.1, 0.15) is 5.82 Å². The van der Waals surface area contributed by atoms with Crippen molar-refractivity contribution in [2.75, 3.05) is 6.54 Å². The smallest absolute Gasteiger partial charge is 0.315 e. The van der Waals surface area contributed by atoms with Gasteiger partial charge in [-0.15, -0.1) is 0 Å². The van der Waals surface area contributed by atoms with Crippen molar-refractivity contribution in [3.05, 3.63) is 35.1 Å². The Bertz CT molecular complexity index is 487. The van der Waals surface area contributed by atoms with Crippen molar-refractivity contribution < 1.29 is 14.3 Å². The number of urea groups is 1. The predicted molar refractivity (Wildman–Crippen MR) is 81.5 cm³/mol. The summed E-state index contributed by atoms with van der Waals surface area (Å²) in [5, 5.41) is 14.9. The average molecular weight is 296 g/mol. The van der Waals surface area contributed by atoms with E-state index in [4.69, 9.17) is 0 Å². The van der Waals surface area contributed by atoms with Gasteiger partial charge in [0.05, 0.1) is 6.10 Å². The molecule has 1 atom stereocenters. The number of rotatable bonds is 6. The molecule has 1 aromatic rings. The molecule has 1 unspecified atom stereocenters. The van der Waals surface area contributed by atoms with E-state index in [1.54, 1.807) is 26.0 Å². The highest BCUT2D eigenvalue weighted by Gasteiger charge is 2.20. The summed E-state index contributed by atoms with van der Waals surface area (Å²) in [5.74, 6) is -0.271. The molecule has 3 N–H and O–H groups in total. The van der Waals surface area contributed by atoms with Crippen LogP contribution in [0, 0.1) is 18.2 Å². The van der Waals surface area contributed by atoms with E-state index in [9.17, 15) is 14.3 Å². The molecule has 1 rings (SSSR count). The summed E-state index contributed by atoms with van der Waals surface area (Å²) in [7, 11) is 0. The lowest BCUT2D eigenvalue weighted by Crippen LogP contribution is -2.41. The summed E-state index contributed by atoms with van der Waals surface area (Å²) in [6, 6.07) is 4.61. The van der Waals surface area contributed by atoms with E-state index >= 15 is 0 Å². The Labute approximate surface area is 125 Å². The van der Waals surface area contributed by atoms with E-state index in [-0.39, 0.29) is 23.8 Å². The lowest BCUT2D eigenvalue weighted by molar-refractivity contribution is 0.129. The first-order valence-electron chi connectivity index (χ1n) is 7.14. The fourth-order valence-corrected chi connectivity index (χ4v) is 2.18. The lowest BCUT2D eigenvalue weighted by Gasteiger charge is -2.26. The second kappa shape index (κ2) is 7.41. The van der Waals surface area contributed by atoms with Gasteiger partial charge in [-0.2, -0.15) is 0 Å². The number of amides is 2. The maximum atomic E-state index is 13.4. The molecule has 0 saturated heterocycles. The van der Waals surface area contributed by atoms with Crippen LogP contribution >= 0.6 is 0 Å². The standard InChI is InChI=1S/C16H25FN2O2/c1-11-5-6-13(7-14(11)17)9-18-15(21)19-10-16(3,4)8-12(2)20/h5-7,12,20H,8-10H2,1-4H3,(H2,18,19,21). The van der Waals surface area contributed by atoms with E-state index in [2.05, 4.69) is 10.6 Å². The van der Waals surface area contributed by atoms with Crippen molar-refractivity contribution in [2.45, 2.75) is 46.8 Å². The van der Waals surface area contributed by atoms with Gasteiger partial charge in [-0.3, -0.25) is 0 Å². The van der Waals surface area contributed by atoms with Crippen LogP contribution in [0.1, 0.15) is 38.3 Å². The first-order valence-corrected chi connectivity index (χ1v) is 7.14. The number of hydrogen-bond acceptors (Lipinski definition) is 2. The molecule has 5 heteroatoms. The molecular formula is C16H25FN2O2. The molecule has 0 aliphatic carbocycles. The molecule has 1 aromatic carbocycles. The number of aliphatic hydroxyl groups is 1. The molecular weight excluding hydrogens is 271 g/mol. The maximum absolute atomic E-state index is 13.4. The second-order valence-corrected chi connectivity index (χ2v) is 6.34. The fourth-order valence-electron chi connectivity index (χ4n) is 2.18.